The molecule has 0 aromatic rings. The second-order valence-corrected chi connectivity index (χ2v) is 24.3. The number of aliphatic hydroxyl groups is 1. The number of phosphoric acid groups is 1. The summed E-state index contributed by atoms with van der Waals surface area (Å²) in [6, 6.07) is 0. The van der Waals surface area contributed by atoms with Crippen molar-refractivity contribution in [3.05, 3.63) is 0 Å². The van der Waals surface area contributed by atoms with Gasteiger partial charge < -0.3 is 53.6 Å². The summed E-state index contributed by atoms with van der Waals surface area (Å²) in [6.45, 7) is 7.71. The fourth-order valence-electron chi connectivity index (χ4n) is 7.78. The van der Waals surface area contributed by atoms with Crippen molar-refractivity contribution in [2.75, 3.05) is 134 Å². The fraction of sp³-hybridized carbons (Fsp3) is 0.919. The molecule has 6 heterocycles. The van der Waals surface area contributed by atoms with Crippen LogP contribution in [-0.4, -0.2) is 234 Å². The zero-order valence-electron chi connectivity index (χ0n) is 40.0. The Morgan fingerprint density at radius 2 is 0.881 bits per heavy atom. The van der Waals surface area contributed by atoms with Crippen molar-refractivity contribution in [3.63, 3.8) is 0 Å². The van der Waals surface area contributed by atoms with E-state index in [-0.39, 0.29) is 65.5 Å². The second-order valence-electron chi connectivity index (χ2n) is 18.1. The molecule has 26 nitrogen and oxygen atoms in total. The number of ether oxygens (including phenoxy) is 3. The summed E-state index contributed by atoms with van der Waals surface area (Å²) in [4.78, 5) is 21.0. The molecule has 4 unspecified atom stereocenters. The fourth-order valence-corrected chi connectivity index (χ4v) is 13.7. The van der Waals surface area contributed by atoms with Crippen LogP contribution < -0.4 is 0 Å². The Morgan fingerprint density at radius 1 is 0.552 bits per heavy atom. The molecule has 0 aliphatic carbocycles. The quantitative estimate of drug-likeness (QED) is 0.110. The van der Waals surface area contributed by atoms with Crippen molar-refractivity contribution in [1.29, 1.82) is 0 Å². The molecule has 30 heteroatoms. The first-order chi connectivity index (χ1) is 31.5. The van der Waals surface area contributed by atoms with Crippen LogP contribution in [-0.2, 0) is 68.7 Å². The highest BCUT2D eigenvalue weighted by molar-refractivity contribution is 7.53. The molecule has 6 aliphatic rings. The van der Waals surface area contributed by atoms with Crippen LogP contribution in [0.25, 0.3) is 0 Å². The van der Waals surface area contributed by atoms with Gasteiger partial charge in [-0.1, -0.05) is 0 Å². The van der Waals surface area contributed by atoms with Gasteiger partial charge in [0.15, 0.2) is 0 Å². The first kappa shape index (κ1) is 54.5. The minimum atomic E-state index is -4.45. The van der Waals surface area contributed by atoms with E-state index >= 15 is 0 Å². The third-order valence-electron chi connectivity index (χ3n) is 11.4. The van der Waals surface area contributed by atoms with E-state index in [0.29, 0.717) is 70.2 Å². The van der Waals surface area contributed by atoms with Crippen LogP contribution in [0.2, 0.25) is 0 Å². The highest BCUT2D eigenvalue weighted by Gasteiger charge is 2.45. The molecule has 386 valence electrons. The Balaban J connectivity index is 1.16. The average molecular weight is 1040 g/mol. The largest absolute Gasteiger partial charge is 0.472 e. The van der Waals surface area contributed by atoms with Crippen molar-refractivity contribution in [1.82, 2.24) is 29.4 Å². The van der Waals surface area contributed by atoms with Gasteiger partial charge in [-0.2, -0.15) is 0 Å². The number of hydrogen-bond donors (Lipinski definition) is 2. The standard InChI is InChI=1S/C37H71N9O17P4/c1-37(2,3)63-67(51,52)57-21-10-20-56-64(48,38-34-41(4)14-15-42(34)5)61-29-12-23-54-32(29)26-59-66(50,40-36-45(8)18-19-46(36)9)62-30-13-24-55-33(30)27-58-65(49,39-35-43(6)16-17-44(35)7)60-28-11-22-53-31(28)25-47/h28-33,47H,10-27H2,1-9H3,(H,51,52)/t28-,29-,30-,31-,32-,33-,64?,65?,66?/m1/s1. The third-order valence-corrected chi connectivity index (χ3v) is 17.1. The Morgan fingerprint density at radius 3 is 1.24 bits per heavy atom. The van der Waals surface area contributed by atoms with Crippen molar-refractivity contribution in [3.8, 4) is 0 Å². The van der Waals surface area contributed by atoms with Gasteiger partial charge in [0.2, 0.25) is 17.9 Å². The molecule has 67 heavy (non-hydrogen) atoms. The topological polar surface area (TPSA) is 267 Å². The van der Waals surface area contributed by atoms with Crippen LogP contribution in [0.1, 0.15) is 46.5 Å². The first-order valence-corrected chi connectivity index (χ1v) is 28.5. The number of hydrogen-bond acceptors (Lipinski definition) is 16. The van der Waals surface area contributed by atoms with Crippen LogP contribution >= 0.6 is 31.1 Å². The van der Waals surface area contributed by atoms with Crippen LogP contribution in [0.5, 0.6) is 0 Å². The zero-order valence-corrected chi connectivity index (χ0v) is 43.6. The molecule has 2 N–H and O–H groups in total. The maximum Gasteiger partial charge on any atom is 0.472 e. The molecular weight excluding hydrogens is 966 g/mol. The molecule has 0 aromatic carbocycles. The van der Waals surface area contributed by atoms with Crippen molar-refractivity contribution >= 4 is 48.9 Å². The van der Waals surface area contributed by atoms with E-state index < -0.39 is 73.3 Å². The van der Waals surface area contributed by atoms with E-state index in [2.05, 4.69) is 14.3 Å². The van der Waals surface area contributed by atoms with Gasteiger partial charge in [-0.25, -0.2) is 18.3 Å². The van der Waals surface area contributed by atoms with Crippen LogP contribution in [0.15, 0.2) is 14.3 Å². The predicted molar refractivity (Wildman–Crippen MR) is 245 cm³/mol. The number of aliphatic hydroxyl groups excluding tert-OH is 1. The predicted octanol–water partition coefficient (Wildman–Crippen LogP) is 2.90. The van der Waals surface area contributed by atoms with Crippen LogP contribution in [0, 0.1) is 0 Å². The Kier molecular flexibility index (Phi) is 18.9. The summed E-state index contributed by atoms with van der Waals surface area (Å²) in [5, 5.41) is 9.88. The van der Waals surface area contributed by atoms with Gasteiger partial charge in [-0.05, 0) is 27.2 Å². The maximum atomic E-state index is 15.0. The molecule has 0 amide bonds. The third kappa shape index (κ3) is 15.4. The van der Waals surface area contributed by atoms with E-state index in [0.717, 1.165) is 0 Å². The zero-order chi connectivity index (χ0) is 48.8. The molecule has 0 spiro atoms. The normalized spacial score (nSPS) is 29.8. The van der Waals surface area contributed by atoms with E-state index in [4.69, 9.17) is 50.4 Å². The van der Waals surface area contributed by atoms with Gasteiger partial charge in [-0.15, -0.1) is 14.3 Å². The molecule has 0 radical (unpaired) electrons. The van der Waals surface area contributed by atoms with E-state index in [1.54, 1.807) is 58.8 Å². The Hall–Kier alpha value is -1.79. The summed E-state index contributed by atoms with van der Waals surface area (Å²) in [7, 11) is -6.62. The van der Waals surface area contributed by atoms with Crippen molar-refractivity contribution in [2.45, 2.75) is 88.7 Å². The number of likely N-dealkylation sites (N-methyl/N-ethyl adjacent to an activating group) is 6. The first-order valence-electron chi connectivity index (χ1n) is 22.5. The van der Waals surface area contributed by atoms with E-state index in [9.17, 15) is 28.3 Å². The SMILES string of the molecule is CN1CCN(C)C1=NP(=O)(OC[C@H]1OCC[C@H]1OP(=O)(N=C1N(C)CCN1C)OC[C@H]1OCC[C@H]1OP(=O)(N=C1N(C)CCN1C)OCCCOP(=O)(O)OC(C)(C)C)O[C@@H]1CCO[C@@H]1CO. The average Bonchev–Trinajstić information content (AvgIpc) is 4.13. The summed E-state index contributed by atoms with van der Waals surface area (Å²) < 4.78 is 134. The lowest BCUT2D eigenvalue weighted by atomic mass is 10.2. The molecule has 0 aromatic heterocycles. The van der Waals surface area contributed by atoms with Crippen LogP contribution in [0.3, 0.4) is 0 Å². The second kappa shape index (κ2) is 23.2. The highest BCUT2D eigenvalue weighted by Crippen LogP contribution is 2.57. The molecule has 10 atom stereocenters. The minimum absolute atomic E-state index is 0.0451. The maximum absolute atomic E-state index is 15.0. The molecule has 6 fully saturated rings. The van der Waals surface area contributed by atoms with Gasteiger partial charge in [0.25, 0.3) is 0 Å². The molecule has 6 saturated heterocycles. The van der Waals surface area contributed by atoms with Crippen LogP contribution in [0.4, 0.5) is 0 Å². The summed E-state index contributed by atoms with van der Waals surface area (Å²) >= 11 is 0. The minimum Gasteiger partial charge on any atom is -0.394 e. The van der Waals surface area contributed by atoms with Gasteiger partial charge in [-0.3, -0.25) is 36.2 Å². The van der Waals surface area contributed by atoms with Gasteiger partial charge in [0.05, 0.1) is 56.9 Å². The van der Waals surface area contributed by atoms with Gasteiger partial charge >= 0.3 is 31.1 Å². The summed E-state index contributed by atoms with van der Waals surface area (Å²) in [5.74, 6) is 1.13. The van der Waals surface area contributed by atoms with E-state index in [1.165, 1.54) is 0 Å². The monoisotopic (exact) mass is 1040 g/mol. The Labute approximate surface area is 393 Å². The number of rotatable bonds is 23. The van der Waals surface area contributed by atoms with Crippen molar-refractivity contribution in [2.24, 2.45) is 14.3 Å². The summed E-state index contributed by atoms with van der Waals surface area (Å²) in [5.41, 5.74) is -0.928. The number of nitrogens with zero attached hydrogens (tertiary/aromatic N) is 9. The van der Waals surface area contributed by atoms with Gasteiger partial charge in [0.1, 0.15) is 18.3 Å². The molecule has 0 saturated carbocycles. The molecular formula is C37H71N9O17P4. The smallest absolute Gasteiger partial charge is 0.394 e. The Bertz CT molecular complexity index is 1930. The highest BCUT2D eigenvalue weighted by atomic mass is 31.2. The van der Waals surface area contributed by atoms with Crippen molar-refractivity contribution < 1.29 is 78.7 Å². The molecule has 6 aliphatic heterocycles. The lowest BCUT2D eigenvalue weighted by Gasteiger charge is -2.28. The molecule has 0 bridgehead atoms. The summed E-state index contributed by atoms with van der Waals surface area (Å²) in [6.07, 6.45) is -4.21. The lowest BCUT2D eigenvalue weighted by molar-refractivity contribution is -0.0127. The molecule has 6 rings (SSSR count). The number of guanidine groups is 3. The lowest BCUT2D eigenvalue weighted by Crippen LogP contribution is -2.33. The van der Waals surface area contributed by atoms with E-state index in [1.807, 2.05) is 33.7 Å². The van der Waals surface area contributed by atoms with Gasteiger partial charge in [0, 0.05) is 121 Å². The number of phosphoric ester groups is 1.